The van der Waals surface area contributed by atoms with Crippen LogP contribution in [0.1, 0.15) is 5.56 Å². The number of anilines is 1. The van der Waals surface area contributed by atoms with Crippen LogP contribution in [0.2, 0.25) is 5.02 Å². The molecular weight excluding hydrogens is 302 g/mol. The molecule has 0 spiro atoms. The zero-order chi connectivity index (χ0) is 15.5. The molecule has 0 aliphatic rings. The molecule has 110 valence electrons. The number of rotatable bonds is 3. The summed E-state index contributed by atoms with van der Waals surface area (Å²) in [6, 6.07) is 15.7. The van der Waals surface area contributed by atoms with Gasteiger partial charge in [-0.05, 0) is 36.4 Å². The Balaban J connectivity index is 1.85. The molecule has 0 aliphatic heterocycles. The minimum atomic E-state index is -0.516. The lowest BCUT2D eigenvalue weighted by Gasteiger charge is -2.05. The van der Waals surface area contributed by atoms with E-state index in [0.29, 0.717) is 27.2 Å². The zero-order valence-corrected chi connectivity index (χ0v) is 12.3. The highest BCUT2D eigenvalue weighted by atomic mass is 35.5. The summed E-state index contributed by atoms with van der Waals surface area (Å²) in [5, 5.41) is 3.96. The van der Waals surface area contributed by atoms with Crippen molar-refractivity contribution in [3.05, 3.63) is 75.6 Å². The van der Waals surface area contributed by atoms with Crippen LogP contribution in [0, 0.1) is 0 Å². The van der Waals surface area contributed by atoms with E-state index in [0.717, 1.165) is 0 Å². The van der Waals surface area contributed by atoms with Crippen molar-refractivity contribution in [1.29, 1.82) is 0 Å². The molecule has 2 aromatic carbocycles. The third kappa shape index (κ3) is 3.18. The maximum Gasteiger partial charge on any atom is 0.339 e. The van der Waals surface area contributed by atoms with E-state index < -0.39 is 5.63 Å². The largest absolute Gasteiger partial charge is 0.423 e. The van der Waals surface area contributed by atoms with Crippen LogP contribution >= 0.6 is 11.6 Å². The Kier molecular flexibility index (Phi) is 3.94. The van der Waals surface area contributed by atoms with Gasteiger partial charge in [0.05, 0.1) is 6.42 Å². The van der Waals surface area contributed by atoms with Crippen LogP contribution in [0.5, 0.6) is 0 Å². The van der Waals surface area contributed by atoms with Crippen LogP contribution in [0.4, 0.5) is 5.69 Å². The van der Waals surface area contributed by atoms with Gasteiger partial charge in [-0.1, -0.05) is 29.8 Å². The van der Waals surface area contributed by atoms with E-state index in [1.807, 2.05) is 18.2 Å². The Hall–Kier alpha value is -2.59. The van der Waals surface area contributed by atoms with Gasteiger partial charge < -0.3 is 9.73 Å². The molecule has 1 heterocycles. The third-order valence-electron chi connectivity index (χ3n) is 3.17. The lowest BCUT2D eigenvalue weighted by molar-refractivity contribution is -0.115. The number of benzene rings is 2. The molecular formula is C17H12ClNO3. The molecule has 22 heavy (non-hydrogen) atoms. The number of amides is 1. The Morgan fingerprint density at radius 3 is 2.64 bits per heavy atom. The molecule has 1 aromatic heterocycles. The Bertz CT molecular complexity index is 887. The predicted molar refractivity (Wildman–Crippen MR) is 86.3 cm³/mol. The quantitative estimate of drug-likeness (QED) is 0.751. The first-order valence-corrected chi connectivity index (χ1v) is 7.07. The van der Waals surface area contributed by atoms with Crippen molar-refractivity contribution >= 4 is 34.2 Å². The highest BCUT2D eigenvalue weighted by Crippen LogP contribution is 2.19. The first kappa shape index (κ1) is 14.4. The molecule has 5 heteroatoms. The van der Waals surface area contributed by atoms with E-state index in [2.05, 4.69) is 5.32 Å². The number of nitrogens with one attached hydrogen (secondary N) is 1. The minimum Gasteiger partial charge on any atom is -0.423 e. The van der Waals surface area contributed by atoms with Gasteiger partial charge in [-0.25, -0.2) is 4.79 Å². The molecule has 1 N–H and O–H groups in total. The molecule has 4 nitrogen and oxygen atoms in total. The molecule has 0 saturated carbocycles. The number of halogens is 1. The topological polar surface area (TPSA) is 59.3 Å². The average Bonchev–Trinajstić information content (AvgIpc) is 2.49. The number of carbonyl (C=O) groups excluding carboxylic acids is 1. The summed E-state index contributed by atoms with van der Waals surface area (Å²) >= 11 is 5.92. The Labute approximate surface area is 131 Å². The fourth-order valence-corrected chi connectivity index (χ4v) is 2.34. The first-order chi connectivity index (χ1) is 10.6. The summed E-state index contributed by atoms with van der Waals surface area (Å²) in [4.78, 5) is 23.9. The lowest BCUT2D eigenvalue weighted by atomic mass is 10.1. The van der Waals surface area contributed by atoms with Gasteiger partial charge in [0.1, 0.15) is 5.58 Å². The zero-order valence-electron chi connectivity index (χ0n) is 11.5. The van der Waals surface area contributed by atoms with Gasteiger partial charge in [0.25, 0.3) is 0 Å². The van der Waals surface area contributed by atoms with E-state index in [9.17, 15) is 9.59 Å². The summed E-state index contributed by atoms with van der Waals surface area (Å²) in [6.45, 7) is 0. The number of carbonyl (C=O) groups is 1. The van der Waals surface area contributed by atoms with Gasteiger partial charge in [-0.15, -0.1) is 0 Å². The molecule has 3 aromatic rings. The first-order valence-electron chi connectivity index (χ1n) is 6.69. The SMILES string of the molecule is O=C(Cc1cc2cc(Cl)ccc2oc1=O)Nc1ccccc1. The summed E-state index contributed by atoms with van der Waals surface area (Å²) in [6.07, 6.45) is -0.0559. The molecule has 0 unspecified atom stereocenters. The molecule has 3 rings (SSSR count). The number of para-hydroxylation sites is 1. The summed E-state index contributed by atoms with van der Waals surface area (Å²) in [5.41, 5.74) is 0.906. The number of fused-ring (bicyclic) bond motifs is 1. The van der Waals surface area contributed by atoms with Crippen molar-refractivity contribution in [3.63, 3.8) is 0 Å². The van der Waals surface area contributed by atoms with Gasteiger partial charge in [0.15, 0.2) is 0 Å². The van der Waals surface area contributed by atoms with Crippen LogP contribution in [0.25, 0.3) is 11.0 Å². The van der Waals surface area contributed by atoms with E-state index >= 15 is 0 Å². The summed E-state index contributed by atoms with van der Waals surface area (Å²) in [5.74, 6) is -0.278. The van der Waals surface area contributed by atoms with Crippen LogP contribution in [-0.4, -0.2) is 5.91 Å². The fourth-order valence-electron chi connectivity index (χ4n) is 2.16. The smallest absolute Gasteiger partial charge is 0.339 e. The van der Waals surface area contributed by atoms with Crippen LogP contribution in [0.15, 0.2) is 63.8 Å². The van der Waals surface area contributed by atoms with E-state index in [4.69, 9.17) is 16.0 Å². The standard InChI is InChI=1S/C17H12ClNO3/c18-13-6-7-15-11(9-13)8-12(17(21)22-15)10-16(20)19-14-4-2-1-3-5-14/h1-9H,10H2,(H,19,20). The lowest BCUT2D eigenvalue weighted by Crippen LogP contribution is -2.19. The van der Waals surface area contributed by atoms with Gasteiger partial charge in [-0.3, -0.25) is 4.79 Å². The maximum absolute atomic E-state index is 12.0. The molecule has 0 atom stereocenters. The third-order valence-corrected chi connectivity index (χ3v) is 3.41. The minimum absolute atomic E-state index is 0.0559. The highest BCUT2D eigenvalue weighted by molar-refractivity contribution is 6.31. The monoisotopic (exact) mass is 313 g/mol. The van der Waals surface area contributed by atoms with Crippen LogP contribution in [-0.2, 0) is 11.2 Å². The highest BCUT2D eigenvalue weighted by Gasteiger charge is 2.11. The van der Waals surface area contributed by atoms with Crippen LogP contribution in [0.3, 0.4) is 0 Å². The number of hydrogen-bond donors (Lipinski definition) is 1. The predicted octanol–water partition coefficient (Wildman–Crippen LogP) is 3.63. The van der Waals surface area contributed by atoms with Crippen molar-refractivity contribution in [3.8, 4) is 0 Å². The molecule has 0 bridgehead atoms. The van der Waals surface area contributed by atoms with Gasteiger partial charge >= 0.3 is 5.63 Å². The van der Waals surface area contributed by atoms with Crippen molar-refractivity contribution < 1.29 is 9.21 Å². The second kappa shape index (κ2) is 6.03. The van der Waals surface area contributed by atoms with E-state index in [-0.39, 0.29) is 12.3 Å². The summed E-state index contributed by atoms with van der Waals surface area (Å²) < 4.78 is 5.20. The number of hydrogen-bond acceptors (Lipinski definition) is 3. The normalized spacial score (nSPS) is 10.6. The van der Waals surface area contributed by atoms with Crippen LogP contribution < -0.4 is 10.9 Å². The molecule has 0 fully saturated rings. The second-order valence-electron chi connectivity index (χ2n) is 4.83. The Morgan fingerprint density at radius 2 is 1.86 bits per heavy atom. The summed E-state index contributed by atoms with van der Waals surface area (Å²) in [7, 11) is 0. The van der Waals surface area contributed by atoms with Gasteiger partial charge in [-0.2, -0.15) is 0 Å². The van der Waals surface area contributed by atoms with Gasteiger partial charge in [0.2, 0.25) is 5.91 Å². The molecule has 0 radical (unpaired) electrons. The maximum atomic E-state index is 12.0. The Morgan fingerprint density at radius 1 is 1.09 bits per heavy atom. The molecule has 0 aliphatic carbocycles. The fraction of sp³-hybridized carbons (Fsp3) is 0.0588. The second-order valence-corrected chi connectivity index (χ2v) is 5.27. The van der Waals surface area contributed by atoms with Crippen molar-refractivity contribution in [2.24, 2.45) is 0 Å². The molecule has 1 amide bonds. The van der Waals surface area contributed by atoms with Crippen molar-refractivity contribution in [2.45, 2.75) is 6.42 Å². The molecule has 0 saturated heterocycles. The van der Waals surface area contributed by atoms with E-state index in [1.165, 1.54) is 0 Å². The van der Waals surface area contributed by atoms with E-state index in [1.54, 1.807) is 36.4 Å². The van der Waals surface area contributed by atoms with Gasteiger partial charge in [0, 0.05) is 21.7 Å². The van der Waals surface area contributed by atoms with Crippen molar-refractivity contribution in [2.75, 3.05) is 5.32 Å². The van der Waals surface area contributed by atoms with Crippen molar-refractivity contribution in [1.82, 2.24) is 0 Å². The average molecular weight is 314 g/mol.